The largest absolute Gasteiger partial charge is 0.478 e. The number of rotatable bonds is 7. The maximum atomic E-state index is 12.6. The summed E-state index contributed by atoms with van der Waals surface area (Å²) in [5.74, 6) is -2.35. The molecule has 0 fully saturated rings. The molecule has 2 aromatic heterocycles. The van der Waals surface area contributed by atoms with E-state index in [2.05, 4.69) is 4.99 Å². The number of benzene rings is 1. The number of nitrogens with zero attached hydrogens (tertiary/aromatic N) is 2. The van der Waals surface area contributed by atoms with Crippen molar-refractivity contribution in [1.29, 1.82) is 0 Å². The summed E-state index contributed by atoms with van der Waals surface area (Å²) in [6.07, 6.45) is 1.46. The molecule has 0 saturated heterocycles. The SMILES string of the molecule is Cc1ccc(C)n1-c1cc(C(=O)CN=Cc2ccc(C(=O)O)s2)ccc1C(=O)O. The second-order valence-corrected chi connectivity index (χ2v) is 7.50. The standard InChI is InChI=1S/C21H18N2O5S/c1-12-3-4-13(2)23(12)17-9-14(5-7-16(17)20(25)26)18(24)11-22-10-15-6-8-19(29-15)21(27)28/h3-10H,11H2,1-2H3,(H,25,26)(H,27,28). The molecule has 8 heteroatoms. The summed E-state index contributed by atoms with van der Waals surface area (Å²) in [6.45, 7) is 3.60. The number of carboxylic acids is 2. The average molecular weight is 410 g/mol. The number of hydrogen-bond acceptors (Lipinski definition) is 5. The van der Waals surface area contributed by atoms with Gasteiger partial charge in [-0.05, 0) is 50.2 Å². The number of Topliss-reactive ketones (excluding diaryl/α,β-unsaturated/α-hetero) is 1. The van der Waals surface area contributed by atoms with Crippen molar-refractivity contribution in [1.82, 2.24) is 4.57 Å². The Labute approximate surface area is 170 Å². The molecule has 7 nitrogen and oxygen atoms in total. The molecule has 148 valence electrons. The summed E-state index contributed by atoms with van der Waals surface area (Å²) in [4.78, 5) is 40.0. The first-order chi connectivity index (χ1) is 13.8. The van der Waals surface area contributed by atoms with Gasteiger partial charge in [-0.25, -0.2) is 9.59 Å². The van der Waals surface area contributed by atoms with Gasteiger partial charge in [0.25, 0.3) is 0 Å². The van der Waals surface area contributed by atoms with Gasteiger partial charge in [-0.1, -0.05) is 6.07 Å². The second-order valence-electron chi connectivity index (χ2n) is 6.39. The number of thiophene rings is 1. The van der Waals surface area contributed by atoms with Gasteiger partial charge in [0, 0.05) is 28.0 Å². The molecule has 2 heterocycles. The molecule has 0 spiro atoms. The van der Waals surface area contributed by atoms with Crippen LogP contribution < -0.4 is 0 Å². The molecule has 3 aromatic rings. The van der Waals surface area contributed by atoms with E-state index in [9.17, 15) is 19.5 Å². The zero-order chi connectivity index (χ0) is 21.1. The van der Waals surface area contributed by atoms with Crippen molar-refractivity contribution in [3.05, 3.63) is 74.7 Å². The molecule has 3 rings (SSSR count). The fourth-order valence-corrected chi connectivity index (χ4v) is 3.71. The molecule has 0 unspecified atom stereocenters. The van der Waals surface area contributed by atoms with Crippen LogP contribution in [0.4, 0.5) is 0 Å². The van der Waals surface area contributed by atoms with Crippen LogP contribution in [-0.2, 0) is 0 Å². The number of carbonyl (C=O) groups excluding carboxylic acids is 1. The predicted octanol–water partition coefficient (Wildman–Crippen LogP) is 3.85. The summed E-state index contributed by atoms with van der Waals surface area (Å²) in [5.41, 5.74) is 2.61. The first kappa shape index (κ1) is 20.2. The second kappa shape index (κ2) is 8.24. The summed E-state index contributed by atoms with van der Waals surface area (Å²) in [6, 6.07) is 11.3. The summed E-state index contributed by atoms with van der Waals surface area (Å²) in [5, 5.41) is 18.5. The number of carboxylic acid groups (broad SMARTS) is 2. The van der Waals surface area contributed by atoms with Crippen LogP contribution in [0.25, 0.3) is 5.69 Å². The summed E-state index contributed by atoms with van der Waals surface area (Å²) in [7, 11) is 0. The molecule has 0 amide bonds. The van der Waals surface area contributed by atoms with Crippen LogP contribution in [0.3, 0.4) is 0 Å². The highest BCUT2D eigenvalue weighted by molar-refractivity contribution is 7.15. The van der Waals surface area contributed by atoms with Crippen molar-refractivity contribution in [2.45, 2.75) is 13.8 Å². The van der Waals surface area contributed by atoms with Crippen LogP contribution in [0.1, 0.15) is 46.7 Å². The van der Waals surface area contributed by atoms with E-state index in [1.807, 2.05) is 26.0 Å². The lowest BCUT2D eigenvalue weighted by Crippen LogP contribution is -2.11. The number of aryl methyl sites for hydroxylation is 2. The maximum Gasteiger partial charge on any atom is 0.345 e. The van der Waals surface area contributed by atoms with Crippen LogP contribution >= 0.6 is 11.3 Å². The van der Waals surface area contributed by atoms with Gasteiger partial charge in [-0.2, -0.15) is 0 Å². The van der Waals surface area contributed by atoms with Gasteiger partial charge in [0.2, 0.25) is 0 Å². The lowest BCUT2D eigenvalue weighted by Gasteiger charge is -2.14. The minimum Gasteiger partial charge on any atom is -0.478 e. The Morgan fingerprint density at radius 1 is 1.00 bits per heavy atom. The molecule has 0 aliphatic carbocycles. The number of hydrogen-bond donors (Lipinski definition) is 2. The third-order valence-corrected chi connectivity index (χ3v) is 5.36. The van der Waals surface area contributed by atoms with E-state index < -0.39 is 11.9 Å². The molecule has 0 radical (unpaired) electrons. The van der Waals surface area contributed by atoms with E-state index in [0.717, 1.165) is 22.7 Å². The third kappa shape index (κ3) is 4.33. The van der Waals surface area contributed by atoms with Gasteiger partial charge in [-0.15, -0.1) is 11.3 Å². The molecule has 0 aliphatic heterocycles. The molecule has 29 heavy (non-hydrogen) atoms. The number of carbonyl (C=O) groups is 3. The third-order valence-electron chi connectivity index (χ3n) is 4.35. The lowest BCUT2D eigenvalue weighted by atomic mass is 10.1. The highest BCUT2D eigenvalue weighted by atomic mass is 32.1. The van der Waals surface area contributed by atoms with Gasteiger partial charge in [-0.3, -0.25) is 9.79 Å². The molecule has 0 bridgehead atoms. The topological polar surface area (TPSA) is 109 Å². The van der Waals surface area contributed by atoms with Crippen molar-refractivity contribution < 1.29 is 24.6 Å². The highest BCUT2D eigenvalue weighted by Crippen LogP contribution is 2.22. The smallest absolute Gasteiger partial charge is 0.345 e. The van der Waals surface area contributed by atoms with Crippen molar-refractivity contribution >= 4 is 35.3 Å². The van der Waals surface area contributed by atoms with Gasteiger partial charge < -0.3 is 14.8 Å². The summed E-state index contributed by atoms with van der Waals surface area (Å²) >= 11 is 1.07. The molecule has 0 atom stereocenters. The van der Waals surface area contributed by atoms with Crippen LogP contribution in [0.5, 0.6) is 0 Å². The minimum atomic E-state index is -1.07. The number of ketones is 1. The Kier molecular flexibility index (Phi) is 5.74. The number of aromatic carboxylic acids is 2. The fourth-order valence-electron chi connectivity index (χ4n) is 2.97. The first-order valence-corrected chi connectivity index (χ1v) is 9.48. The Bertz CT molecular complexity index is 1120. The average Bonchev–Trinajstić information content (AvgIpc) is 3.28. The molecule has 1 aromatic carbocycles. The normalized spacial score (nSPS) is 11.1. The van der Waals surface area contributed by atoms with E-state index in [0.29, 0.717) is 16.1 Å². The maximum absolute atomic E-state index is 12.6. The molecular formula is C21H18N2O5S. The molecule has 2 N–H and O–H groups in total. The molecule has 0 saturated carbocycles. The van der Waals surface area contributed by atoms with Gasteiger partial charge in [0.05, 0.1) is 11.3 Å². The Balaban J connectivity index is 1.85. The van der Waals surface area contributed by atoms with E-state index in [1.54, 1.807) is 16.7 Å². The van der Waals surface area contributed by atoms with E-state index in [1.165, 1.54) is 24.4 Å². The van der Waals surface area contributed by atoms with Crippen LogP contribution in [0.2, 0.25) is 0 Å². The zero-order valence-electron chi connectivity index (χ0n) is 15.7. The van der Waals surface area contributed by atoms with Crippen LogP contribution in [0.15, 0.2) is 47.5 Å². The zero-order valence-corrected chi connectivity index (χ0v) is 16.6. The first-order valence-electron chi connectivity index (χ1n) is 8.66. The van der Waals surface area contributed by atoms with Gasteiger partial charge in [0.15, 0.2) is 5.78 Å². The number of aromatic nitrogens is 1. The van der Waals surface area contributed by atoms with Crippen molar-refractivity contribution in [2.75, 3.05) is 6.54 Å². The van der Waals surface area contributed by atoms with Crippen LogP contribution in [0, 0.1) is 13.8 Å². The van der Waals surface area contributed by atoms with Crippen molar-refractivity contribution in [2.24, 2.45) is 4.99 Å². The summed E-state index contributed by atoms with van der Waals surface area (Å²) < 4.78 is 1.79. The van der Waals surface area contributed by atoms with Crippen LogP contribution in [-0.4, -0.2) is 45.3 Å². The van der Waals surface area contributed by atoms with Crippen molar-refractivity contribution in [3.8, 4) is 5.69 Å². The van der Waals surface area contributed by atoms with Crippen molar-refractivity contribution in [3.63, 3.8) is 0 Å². The Morgan fingerprint density at radius 3 is 2.28 bits per heavy atom. The molecule has 0 aliphatic rings. The molecular weight excluding hydrogens is 392 g/mol. The Hall–Kier alpha value is -3.52. The predicted molar refractivity (Wildman–Crippen MR) is 110 cm³/mol. The van der Waals surface area contributed by atoms with E-state index in [-0.39, 0.29) is 22.8 Å². The van der Waals surface area contributed by atoms with E-state index in [4.69, 9.17) is 5.11 Å². The van der Waals surface area contributed by atoms with E-state index >= 15 is 0 Å². The minimum absolute atomic E-state index is 0.104. The fraction of sp³-hybridized carbons (Fsp3) is 0.143. The highest BCUT2D eigenvalue weighted by Gasteiger charge is 2.17. The monoisotopic (exact) mass is 410 g/mol. The van der Waals surface area contributed by atoms with Gasteiger partial charge >= 0.3 is 11.9 Å². The lowest BCUT2D eigenvalue weighted by molar-refractivity contribution is 0.0688. The number of aliphatic imine (C=N–C) groups is 1. The Morgan fingerprint density at radius 2 is 1.69 bits per heavy atom. The quantitative estimate of drug-likeness (QED) is 0.454. The van der Waals surface area contributed by atoms with Gasteiger partial charge in [0.1, 0.15) is 11.4 Å².